The molecule has 0 spiro atoms. The van der Waals surface area contributed by atoms with E-state index >= 15 is 0 Å². The first-order valence-electron chi connectivity index (χ1n) is 5.13. The lowest BCUT2D eigenvalue weighted by molar-refractivity contribution is 0.251. The molecule has 6 nitrogen and oxygen atoms in total. The minimum atomic E-state index is 0.0594. The van der Waals surface area contributed by atoms with Gasteiger partial charge in [-0.2, -0.15) is 0 Å². The van der Waals surface area contributed by atoms with Gasteiger partial charge in [-0.25, -0.2) is 9.97 Å². The summed E-state index contributed by atoms with van der Waals surface area (Å²) in [6, 6.07) is 0.0594. The third-order valence-corrected chi connectivity index (χ3v) is 2.49. The number of nitrogens with zero attached hydrogens (tertiary/aromatic N) is 2. The van der Waals surface area contributed by atoms with Crippen LogP contribution in [0.3, 0.4) is 0 Å². The topological polar surface area (TPSA) is 99.8 Å². The number of nitrogen functional groups attached to an aromatic ring is 1. The van der Waals surface area contributed by atoms with Crippen molar-refractivity contribution in [1.82, 2.24) is 20.3 Å². The summed E-state index contributed by atoms with van der Waals surface area (Å²) < 4.78 is 0. The number of aliphatic hydroxyl groups excluding tert-OH is 1. The maximum absolute atomic E-state index is 8.90. The summed E-state index contributed by atoms with van der Waals surface area (Å²) in [6.45, 7) is 2.66. The van der Waals surface area contributed by atoms with Crippen molar-refractivity contribution >= 4 is 16.9 Å². The van der Waals surface area contributed by atoms with E-state index in [-0.39, 0.29) is 12.6 Å². The van der Waals surface area contributed by atoms with Crippen molar-refractivity contribution in [2.75, 3.05) is 12.3 Å². The second kappa shape index (κ2) is 4.46. The standard InChI is InChI=1S/C10H15N5O/c1-6(4-16)12-2-7-3-13-9-8(7)14-5-15-10(9)11/h3,5-6,12-13,16H,2,4H2,1H3,(H2,11,14,15)/t6-/m0/s1. The van der Waals surface area contributed by atoms with Gasteiger partial charge in [0.1, 0.15) is 11.8 Å². The van der Waals surface area contributed by atoms with E-state index in [1.165, 1.54) is 6.33 Å². The molecule has 0 aliphatic rings. The summed E-state index contributed by atoms with van der Waals surface area (Å²) in [5.41, 5.74) is 8.31. The number of aliphatic hydroxyl groups is 1. The van der Waals surface area contributed by atoms with Crippen LogP contribution in [0.5, 0.6) is 0 Å². The lowest BCUT2D eigenvalue weighted by atomic mass is 10.2. The van der Waals surface area contributed by atoms with Crippen LogP contribution in [0.1, 0.15) is 12.5 Å². The fraction of sp³-hybridized carbons (Fsp3) is 0.400. The fourth-order valence-electron chi connectivity index (χ4n) is 1.50. The molecule has 0 amide bonds. The van der Waals surface area contributed by atoms with Crippen molar-refractivity contribution in [2.45, 2.75) is 19.5 Å². The molecule has 0 aliphatic heterocycles. The summed E-state index contributed by atoms with van der Waals surface area (Å²) in [4.78, 5) is 11.1. The Morgan fingerprint density at radius 3 is 3.12 bits per heavy atom. The van der Waals surface area contributed by atoms with Crippen molar-refractivity contribution in [3.05, 3.63) is 18.1 Å². The van der Waals surface area contributed by atoms with Gasteiger partial charge in [-0.1, -0.05) is 0 Å². The van der Waals surface area contributed by atoms with Crippen LogP contribution in [-0.2, 0) is 6.54 Å². The Kier molecular flexibility index (Phi) is 3.02. The Morgan fingerprint density at radius 1 is 1.56 bits per heavy atom. The Morgan fingerprint density at radius 2 is 2.38 bits per heavy atom. The van der Waals surface area contributed by atoms with E-state index in [1.807, 2.05) is 13.1 Å². The highest BCUT2D eigenvalue weighted by Crippen LogP contribution is 2.18. The highest BCUT2D eigenvalue weighted by atomic mass is 16.3. The van der Waals surface area contributed by atoms with Crippen LogP contribution in [0.2, 0.25) is 0 Å². The van der Waals surface area contributed by atoms with Gasteiger partial charge in [0.2, 0.25) is 0 Å². The molecule has 2 heterocycles. The van der Waals surface area contributed by atoms with E-state index in [0.29, 0.717) is 12.4 Å². The van der Waals surface area contributed by atoms with E-state index in [9.17, 15) is 0 Å². The average Bonchev–Trinajstić information content (AvgIpc) is 2.70. The second-order valence-corrected chi connectivity index (χ2v) is 3.76. The monoisotopic (exact) mass is 221 g/mol. The second-order valence-electron chi connectivity index (χ2n) is 3.76. The summed E-state index contributed by atoms with van der Waals surface area (Å²) in [5.74, 6) is 0.450. The molecular formula is C10H15N5O. The van der Waals surface area contributed by atoms with Gasteiger partial charge < -0.3 is 21.1 Å². The molecule has 0 fully saturated rings. The van der Waals surface area contributed by atoms with Crippen molar-refractivity contribution in [1.29, 1.82) is 0 Å². The molecule has 86 valence electrons. The predicted molar refractivity (Wildman–Crippen MR) is 61.7 cm³/mol. The normalized spacial score (nSPS) is 13.1. The Balaban J connectivity index is 2.22. The Bertz CT molecular complexity index is 481. The number of hydrogen-bond acceptors (Lipinski definition) is 5. The quantitative estimate of drug-likeness (QED) is 0.583. The zero-order valence-electron chi connectivity index (χ0n) is 9.07. The van der Waals surface area contributed by atoms with E-state index < -0.39 is 0 Å². The minimum Gasteiger partial charge on any atom is -0.395 e. The molecule has 16 heavy (non-hydrogen) atoms. The van der Waals surface area contributed by atoms with Gasteiger partial charge in [-0.05, 0) is 6.92 Å². The molecule has 0 saturated carbocycles. The highest BCUT2D eigenvalue weighted by Gasteiger charge is 2.08. The SMILES string of the molecule is C[C@@H](CO)NCc1c[nH]c2c(N)ncnc12. The van der Waals surface area contributed by atoms with Gasteiger partial charge in [0.25, 0.3) is 0 Å². The van der Waals surface area contributed by atoms with Gasteiger partial charge in [-0.3, -0.25) is 0 Å². The number of aromatic nitrogens is 3. The average molecular weight is 221 g/mol. The van der Waals surface area contributed by atoms with Crippen molar-refractivity contribution in [2.24, 2.45) is 0 Å². The zero-order chi connectivity index (χ0) is 11.5. The maximum Gasteiger partial charge on any atom is 0.151 e. The van der Waals surface area contributed by atoms with Crippen molar-refractivity contribution in [3.8, 4) is 0 Å². The first-order chi connectivity index (χ1) is 7.72. The van der Waals surface area contributed by atoms with Crippen molar-refractivity contribution < 1.29 is 5.11 Å². The number of anilines is 1. The molecule has 5 N–H and O–H groups in total. The number of fused-ring (bicyclic) bond motifs is 1. The molecule has 1 atom stereocenters. The van der Waals surface area contributed by atoms with Crippen LogP contribution in [0.4, 0.5) is 5.82 Å². The number of aromatic amines is 1. The highest BCUT2D eigenvalue weighted by molar-refractivity contribution is 5.86. The molecule has 0 radical (unpaired) electrons. The lowest BCUT2D eigenvalue weighted by Gasteiger charge is -2.09. The minimum absolute atomic E-state index is 0.0594. The largest absolute Gasteiger partial charge is 0.395 e. The van der Waals surface area contributed by atoms with Crippen LogP contribution in [0.25, 0.3) is 11.0 Å². The summed E-state index contributed by atoms with van der Waals surface area (Å²) in [6.07, 6.45) is 3.30. The van der Waals surface area contributed by atoms with Crippen molar-refractivity contribution in [3.63, 3.8) is 0 Å². The lowest BCUT2D eigenvalue weighted by Crippen LogP contribution is -2.28. The number of nitrogens with one attached hydrogen (secondary N) is 2. The molecular weight excluding hydrogens is 206 g/mol. The molecule has 0 unspecified atom stereocenters. The summed E-state index contributed by atoms with van der Waals surface area (Å²) >= 11 is 0. The van der Waals surface area contributed by atoms with Gasteiger partial charge in [0.15, 0.2) is 5.82 Å². The van der Waals surface area contributed by atoms with E-state index in [2.05, 4.69) is 20.3 Å². The first kappa shape index (κ1) is 10.8. The third kappa shape index (κ3) is 1.98. The zero-order valence-corrected chi connectivity index (χ0v) is 9.07. The van der Waals surface area contributed by atoms with Crippen LogP contribution in [0.15, 0.2) is 12.5 Å². The van der Waals surface area contributed by atoms with Gasteiger partial charge in [0, 0.05) is 24.3 Å². The maximum atomic E-state index is 8.90. The molecule has 2 aromatic rings. The molecule has 0 aliphatic carbocycles. The fourth-order valence-corrected chi connectivity index (χ4v) is 1.50. The van der Waals surface area contributed by atoms with Gasteiger partial charge in [0.05, 0.1) is 12.1 Å². The summed E-state index contributed by atoms with van der Waals surface area (Å²) in [5, 5.41) is 12.1. The van der Waals surface area contributed by atoms with Gasteiger partial charge >= 0.3 is 0 Å². The first-order valence-corrected chi connectivity index (χ1v) is 5.13. The van der Waals surface area contributed by atoms with Crippen LogP contribution in [-0.4, -0.2) is 32.7 Å². The number of nitrogens with two attached hydrogens (primary N) is 1. The molecule has 0 saturated heterocycles. The van der Waals surface area contributed by atoms with E-state index in [0.717, 1.165) is 16.6 Å². The molecule has 0 aromatic carbocycles. The van der Waals surface area contributed by atoms with E-state index in [4.69, 9.17) is 10.8 Å². The summed E-state index contributed by atoms with van der Waals surface area (Å²) in [7, 11) is 0. The third-order valence-electron chi connectivity index (χ3n) is 2.49. The number of H-pyrrole nitrogens is 1. The van der Waals surface area contributed by atoms with Gasteiger partial charge in [-0.15, -0.1) is 0 Å². The molecule has 2 rings (SSSR count). The van der Waals surface area contributed by atoms with Crippen LogP contribution in [0, 0.1) is 0 Å². The Labute approximate surface area is 92.9 Å². The number of rotatable bonds is 4. The Hall–Kier alpha value is -1.66. The van der Waals surface area contributed by atoms with Crippen LogP contribution < -0.4 is 11.1 Å². The van der Waals surface area contributed by atoms with E-state index in [1.54, 1.807) is 0 Å². The smallest absolute Gasteiger partial charge is 0.151 e. The van der Waals surface area contributed by atoms with Crippen LogP contribution >= 0.6 is 0 Å². The number of hydrogen-bond donors (Lipinski definition) is 4. The molecule has 0 bridgehead atoms. The molecule has 2 aromatic heterocycles. The predicted octanol–water partition coefficient (Wildman–Crippen LogP) is 0.0105. The molecule has 6 heteroatoms.